The van der Waals surface area contributed by atoms with E-state index in [4.69, 9.17) is 31.5 Å². The van der Waals surface area contributed by atoms with Crippen LogP contribution in [0.2, 0.25) is 0 Å². The maximum atomic E-state index is 13.5. The van der Waals surface area contributed by atoms with E-state index in [1.165, 1.54) is 19.6 Å². The van der Waals surface area contributed by atoms with E-state index >= 15 is 0 Å². The van der Waals surface area contributed by atoms with E-state index < -0.39 is 17.7 Å². The minimum absolute atomic E-state index is 0.0533. The molecule has 0 radical (unpaired) electrons. The Balaban J connectivity index is 0.000000127. The molecule has 23 nitrogen and oxygen atoms in total. The Hall–Kier alpha value is -12.5. The molecule has 22 rings (SSSR count). The van der Waals surface area contributed by atoms with Crippen LogP contribution in [-0.4, -0.2) is 110 Å². The number of nitrogens with two attached hydrogens (primary N) is 1. The molecule has 6 aliphatic rings. The van der Waals surface area contributed by atoms with Gasteiger partial charge in [0.15, 0.2) is 5.52 Å². The lowest BCUT2D eigenvalue weighted by Crippen LogP contribution is -2.42. The molecule has 29 heteroatoms. The highest BCUT2D eigenvalue weighted by Crippen LogP contribution is 2.53. The number of imide groups is 1. The van der Waals surface area contributed by atoms with Gasteiger partial charge in [-0.25, -0.2) is 14.7 Å². The van der Waals surface area contributed by atoms with Gasteiger partial charge in [0.2, 0.25) is 16.8 Å². The third-order valence-corrected chi connectivity index (χ3v) is 27.2. The van der Waals surface area contributed by atoms with Crippen molar-refractivity contribution in [2.75, 3.05) is 23.8 Å². The van der Waals surface area contributed by atoms with Crippen LogP contribution in [0.25, 0.3) is 77.3 Å². The van der Waals surface area contributed by atoms with Crippen LogP contribution in [0.4, 0.5) is 16.2 Å². The second-order valence-electron chi connectivity index (χ2n) is 35.7. The molecule has 140 heavy (non-hydrogen) atoms. The number of benzene rings is 10. The lowest BCUT2D eigenvalue weighted by Gasteiger charge is -2.27. The molecule has 6 saturated carbocycles. The molecular weight excluding hydrogens is 2160 g/mol. The molecule has 10 aromatic carbocycles. The monoisotopic (exact) mass is 2260 g/mol. The normalized spacial score (nSPS) is 17.5. The number of carbonyl (C=O) groups excluding carboxylic acids is 6. The number of amides is 2. The number of nitrogens with one attached hydrogen (secondary N) is 2. The second kappa shape index (κ2) is 47.2. The van der Waals surface area contributed by atoms with E-state index in [-0.39, 0.29) is 75.3 Å². The van der Waals surface area contributed by atoms with Crippen LogP contribution >= 0.6 is 97.9 Å². The number of nitrogens with zero attached hydrogens (tertiary/aromatic N) is 8. The molecule has 0 aliphatic heterocycles. The van der Waals surface area contributed by atoms with Gasteiger partial charge in [0.25, 0.3) is 5.56 Å². The molecule has 0 unspecified atom stereocenters. The van der Waals surface area contributed by atoms with Crippen molar-refractivity contribution in [1.82, 2.24) is 45.3 Å². The molecule has 0 saturated heterocycles. The second-order valence-corrected chi connectivity index (χ2v) is 41.0. The number of carboxylic acids is 1. The zero-order valence-electron chi connectivity index (χ0n) is 77.3. The molecule has 6 heterocycles. The molecular formula is C111H101Br4ClIN11O12. The smallest absolute Gasteiger partial charge is 0.421 e. The summed E-state index contributed by atoms with van der Waals surface area (Å²) < 4.78 is 21.9. The number of aliphatic carboxylic acids is 1. The SMILES string of the molecule is Brc1cccc(I)c1.CC(C)(C)OC(=O)N(C(=O)[C@H]1C[C@H]1c1cccc(Br)c1)c1cccc2cccnc12.CCOC(=O)[C@H]1C[C@H]1c1cccc(Br)c1.CCOc1cc(-c2cccc([C@@H]3C[C@@H]3C(=O)O)c2)ccc1-c1nc2n[nH]nc2c(=O)[nH]1.Nc1cccc2cccnc12.O=C(Cc1cccc2cccnc12)C1CC1.O=C(Cc1cccc2cccnc12)[C@H]1C[C@H]1c1cccc(Br)c1.O=C(Cl)C1CC1. The van der Waals surface area contributed by atoms with Crippen molar-refractivity contribution in [3.8, 4) is 28.3 Å². The third kappa shape index (κ3) is 27.6. The summed E-state index contributed by atoms with van der Waals surface area (Å²) >= 11 is 21.1. The predicted molar refractivity (Wildman–Crippen MR) is 570 cm³/mol. The quantitative estimate of drug-likeness (QED) is 0.0238. The Labute approximate surface area is 862 Å². The number of nitrogen functional groups attached to an aromatic ring is 1. The molecule has 714 valence electrons. The maximum absolute atomic E-state index is 13.5. The molecule has 16 aromatic rings. The van der Waals surface area contributed by atoms with Crippen molar-refractivity contribution in [3.05, 3.63) is 351 Å². The number of carbonyl (C=O) groups is 7. The van der Waals surface area contributed by atoms with Gasteiger partial charge in [-0.05, 0) is 291 Å². The Kier molecular flexibility index (Phi) is 34.4. The maximum Gasteiger partial charge on any atom is 0.421 e. The Morgan fingerprint density at radius 1 is 0.486 bits per heavy atom. The number of rotatable bonds is 20. The van der Waals surface area contributed by atoms with Crippen LogP contribution in [0.3, 0.4) is 0 Å². The molecule has 6 aliphatic carbocycles. The molecule has 0 bridgehead atoms. The number of aromatic amines is 2. The van der Waals surface area contributed by atoms with E-state index in [9.17, 15) is 43.5 Å². The number of aromatic nitrogens is 9. The lowest BCUT2D eigenvalue weighted by atomic mass is 9.99. The Morgan fingerprint density at radius 2 is 0.943 bits per heavy atom. The summed E-state index contributed by atoms with van der Waals surface area (Å²) in [6.07, 6.45) is 14.8. The first-order valence-electron chi connectivity index (χ1n) is 46.2. The number of para-hydroxylation sites is 4. The summed E-state index contributed by atoms with van der Waals surface area (Å²) in [5.74, 6) is 1.68. The summed E-state index contributed by atoms with van der Waals surface area (Å²) in [4.78, 5) is 122. The number of Topliss-reactive ketones (excluding diaryl/α,β-unsaturated/α-hetero) is 2. The number of pyridine rings is 4. The first kappa shape index (κ1) is 102. The topological polar surface area (TPSA) is 336 Å². The number of anilines is 2. The van der Waals surface area contributed by atoms with E-state index in [1.807, 2.05) is 232 Å². The van der Waals surface area contributed by atoms with E-state index in [0.717, 1.165) is 134 Å². The molecule has 8 atom stereocenters. The summed E-state index contributed by atoms with van der Waals surface area (Å²) in [7, 11) is 0. The number of fused-ring (bicyclic) bond motifs is 5. The van der Waals surface area contributed by atoms with Crippen molar-refractivity contribution in [2.45, 2.75) is 128 Å². The van der Waals surface area contributed by atoms with Gasteiger partial charge < -0.3 is 30.0 Å². The van der Waals surface area contributed by atoms with Gasteiger partial charge in [0.1, 0.15) is 28.7 Å². The fourth-order valence-electron chi connectivity index (χ4n) is 16.5. The highest BCUT2D eigenvalue weighted by Gasteiger charge is 2.50. The van der Waals surface area contributed by atoms with Gasteiger partial charge in [0.05, 0.1) is 64.1 Å². The first-order valence-corrected chi connectivity index (χ1v) is 50.8. The van der Waals surface area contributed by atoms with E-state index in [1.54, 1.807) is 51.6 Å². The highest BCUT2D eigenvalue weighted by atomic mass is 127. The highest BCUT2D eigenvalue weighted by molar-refractivity contribution is 14.1. The van der Waals surface area contributed by atoms with Gasteiger partial charge in [0, 0.05) is 104 Å². The molecule has 0 spiro atoms. The van der Waals surface area contributed by atoms with Gasteiger partial charge >= 0.3 is 18.0 Å². The van der Waals surface area contributed by atoms with Crippen LogP contribution in [0.5, 0.6) is 5.75 Å². The summed E-state index contributed by atoms with van der Waals surface area (Å²) in [6, 6.07) is 85.0. The zero-order chi connectivity index (χ0) is 98.8. The number of carboxylic acid groups (broad SMARTS) is 1. The van der Waals surface area contributed by atoms with Gasteiger partial charge in [-0.2, -0.15) is 5.21 Å². The number of ketones is 2. The van der Waals surface area contributed by atoms with Crippen molar-refractivity contribution >= 4 is 205 Å². The number of ether oxygens (including phenoxy) is 3. The average molecular weight is 2260 g/mol. The van der Waals surface area contributed by atoms with Crippen molar-refractivity contribution in [2.24, 2.45) is 35.5 Å². The largest absolute Gasteiger partial charge is 0.493 e. The van der Waals surface area contributed by atoms with Crippen molar-refractivity contribution in [1.29, 1.82) is 0 Å². The summed E-state index contributed by atoms with van der Waals surface area (Å²) in [5, 5.41) is 23.3. The van der Waals surface area contributed by atoms with Crippen LogP contribution in [0.1, 0.15) is 143 Å². The fraction of sp³-hybridized carbons (Fsp3) is 0.252. The molecule has 2 amide bonds. The lowest BCUT2D eigenvalue weighted by molar-refractivity contribution is -0.145. The molecule has 5 N–H and O–H groups in total. The van der Waals surface area contributed by atoms with E-state index in [0.29, 0.717) is 96.6 Å². The number of esters is 1. The number of hydrogen-bond acceptors (Lipinski definition) is 19. The minimum Gasteiger partial charge on any atom is -0.493 e. The average Bonchev–Trinajstić information content (AvgIpc) is 1.59. The van der Waals surface area contributed by atoms with Crippen molar-refractivity contribution < 1.29 is 52.9 Å². The molecule has 6 aromatic heterocycles. The van der Waals surface area contributed by atoms with E-state index in [2.05, 4.69) is 168 Å². The van der Waals surface area contributed by atoms with Crippen LogP contribution in [0, 0.1) is 39.1 Å². The third-order valence-electron chi connectivity index (χ3n) is 24.2. The fourth-order valence-corrected chi connectivity index (χ4v) is 19.3. The van der Waals surface area contributed by atoms with Crippen LogP contribution in [0.15, 0.2) is 308 Å². The number of H-pyrrole nitrogens is 2. The van der Waals surface area contributed by atoms with Gasteiger partial charge in [-0.1, -0.05) is 221 Å². The first-order chi connectivity index (χ1) is 67.5. The van der Waals surface area contributed by atoms with Gasteiger partial charge in [-0.3, -0.25) is 53.5 Å². The standard InChI is InChI=1S/C24H23BrN2O3.C22H19N5O4.C20H16BrNO.C14H13NO.C12H13BrO2.C9H8N2.C6H4BrI.C4H5ClO/c1-24(2,3)30-23(29)27(20-11-5-7-15-9-6-12-26-21(15)20)22(28)19-14-18(19)16-8-4-10-17(25)13-16;1-2-31-17-9-12(11-4-3-5-13(8-11)15-10-16(15)22(29)30)6-7-14(17)19-23-20-18(21(28)24-19)25-27-26-20;21-16-8-2-5-14(10-16)17-12-18(17)19(23)11-15-6-1-4-13-7-3-9-22-20(13)15;16-13(10-6-7-10)9-12-4-1-3-11-5-2-8-15-14(11)12;1-2-15-12(14)11-7-10(11)8-4-3-5-9(13)6-8;10-8-5-1-3-7-4-2-6-11-9(7)8;7-5-2-1-3-6(8)4-5;5-4(6)3-1-2-3/h4-13,18-19H,14H2,1-3H3;3-9,15-16H,2,10H2,1H3,(H,29,30)(H2,23,24,25,26,27,28);1-10,17-18H,11-12H2;1-5,8,10H,6-7,9H2;3-6,10-11H,2,7H2,1H3;1-6H,10H2;1-4H;3H,1-2H2/t18-,19-;15-,16-;17-,18-;;10-,11-;;;/m000.0.../s1. The summed E-state index contributed by atoms with van der Waals surface area (Å²) in [6.45, 7) is 10.0. The molecule has 6 fully saturated rings. The van der Waals surface area contributed by atoms with Crippen LogP contribution in [-0.2, 0) is 51.1 Å². The Bertz CT molecular complexity index is 7260. The Morgan fingerprint density at radius 3 is 1.45 bits per heavy atom. The predicted octanol–water partition coefficient (Wildman–Crippen LogP) is 25.8. The number of halogens is 6. The minimum atomic E-state index is -0.746. The van der Waals surface area contributed by atoms with Crippen LogP contribution < -0.4 is 20.9 Å². The summed E-state index contributed by atoms with van der Waals surface area (Å²) in [5.41, 5.74) is 18.8. The van der Waals surface area contributed by atoms with Crippen molar-refractivity contribution in [3.63, 3.8) is 0 Å². The number of hydrogen-bond donors (Lipinski definition) is 4. The zero-order valence-corrected chi connectivity index (χ0v) is 86.5. The van der Waals surface area contributed by atoms with Gasteiger partial charge in [-0.15, -0.1) is 10.2 Å².